The van der Waals surface area contributed by atoms with E-state index in [0.29, 0.717) is 24.7 Å². The number of aliphatic carboxylic acids is 1. The number of carbonyl (C=O) groups excluding carboxylic acids is 1. The molecule has 7 heteroatoms. The summed E-state index contributed by atoms with van der Waals surface area (Å²) >= 11 is 0. The average Bonchev–Trinajstić information content (AvgIpc) is 2.80. The van der Waals surface area contributed by atoms with Crippen LogP contribution >= 0.6 is 0 Å². The normalized spacial score (nSPS) is 19.1. The van der Waals surface area contributed by atoms with E-state index in [1.807, 2.05) is 49.5 Å². The number of carboxylic acids is 1. The minimum atomic E-state index is -1.02. The lowest BCUT2D eigenvalue weighted by Gasteiger charge is -2.28. The summed E-state index contributed by atoms with van der Waals surface area (Å²) in [7, 11) is 1.83. The van der Waals surface area contributed by atoms with Crippen molar-refractivity contribution >= 4 is 17.7 Å². The molecule has 172 valence electrons. The maximum atomic E-state index is 12.6. The largest absolute Gasteiger partial charge is 0.493 e. The first-order valence-corrected chi connectivity index (χ1v) is 11.3. The topological polar surface area (TPSA) is 101 Å². The highest BCUT2D eigenvalue weighted by Crippen LogP contribution is 2.29. The molecule has 1 amide bonds. The van der Waals surface area contributed by atoms with Gasteiger partial charge in [0.2, 0.25) is 5.91 Å². The highest BCUT2D eigenvalue weighted by Gasteiger charge is 2.30. The molecule has 2 unspecified atom stereocenters. The van der Waals surface area contributed by atoms with Crippen LogP contribution in [-0.2, 0) is 22.4 Å². The van der Waals surface area contributed by atoms with Crippen LogP contribution in [0.5, 0.6) is 5.75 Å². The minimum Gasteiger partial charge on any atom is -0.493 e. The zero-order valence-electron chi connectivity index (χ0n) is 18.8. The van der Waals surface area contributed by atoms with Gasteiger partial charge < -0.3 is 20.5 Å². The lowest BCUT2D eigenvalue weighted by molar-refractivity contribution is -0.143. The third-order valence-electron chi connectivity index (χ3n) is 6.12. The zero-order chi connectivity index (χ0) is 22.9. The molecule has 1 aliphatic carbocycles. The summed E-state index contributed by atoms with van der Waals surface area (Å²) in [5, 5.41) is 15.4. The quantitative estimate of drug-likeness (QED) is 0.522. The van der Waals surface area contributed by atoms with E-state index in [9.17, 15) is 14.7 Å². The Morgan fingerprint density at radius 2 is 1.91 bits per heavy atom. The van der Waals surface area contributed by atoms with Gasteiger partial charge >= 0.3 is 5.97 Å². The van der Waals surface area contributed by atoms with Gasteiger partial charge in [0.1, 0.15) is 17.6 Å². The van der Waals surface area contributed by atoms with Crippen molar-refractivity contribution in [2.75, 3.05) is 19.0 Å². The second-order valence-corrected chi connectivity index (χ2v) is 8.48. The number of hydrogen-bond acceptors (Lipinski definition) is 5. The fourth-order valence-electron chi connectivity index (χ4n) is 4.17. The van der Waals surface area contributed by atoms with Crippen molar-refractivity contribution in [3.63, 3.8) is 0 Å². The summed E-state index contributed by atoms with van der Waals surface area (Å²) in [6, 6.07) is 12.2. The average molecular weight is 440 g/mol. The number of carbonyl (C=O) groups is 2. The van der Waals surface area contributed by atoms with E-state index in [4.69, 9.17) is 4.74 Å². The summed E-state index contributed by atoms with van der Waals surface area (Å²) in [6.45, 7) is 2.57. The number of anilines is 1. The molecule has 1 aromatic carbocycles. The number of aromatic nitrogens is 1. The summed E-state index contributed by atoms with van der Waals surface area (Å²) in [5.74, 6) is 0.587. The molecule has 0 aliphatic heterocycles. The molecule has 0 spiro atoms. The van der Waals surface area contributed by atoms with E-state index in [-0.39, 0.29) is 18.2 Å². The number of pyridine rings is 1. The molecule has 0 bridgehead atoms. The van der Waals surface area contributed by atoms with Crippen LogP contribution in [0.2, 0.25) is 0 Å². The van der Waals surface area contributed by atoms with Crippen LogP contribution in [-0.4, -0.2) is 41.7 Å². The van der Waals surface area contributed by atoms with E-state index in [1.54, 1.807) is 0 Å². The van der Waals surface area contributed by atoms with Gasteiger partial charge in [-0.15, -0.1) is 0 Å². The van der Waals surface area contributed by atoms with E-state index in [2.05, 4.69) is 22.5 Å². The molecule has 1 aromatic heterocycles. The van der Waals surface area contributed by atoms with Gasteiger partial charge in [0, 0.05) is 31.5 Å². The number of rotatable bonds is 10. The number of carboxylic acid groups (broad SMARTS) is 1. The monoisotopic (exact) mass is 439 g/mol. The molecule has 1 aliphatic rings. The fraction of sp³-hybridized carbons (Fsp3) is 0.480. The highest BCUT2D eigenvalue weighted by molar-refractivity contribution is 5.85. The Bertz CT molecular complexity index is 900. The molecule has 0 radical (unpaired) electrons. The summed E-state index contributed by atoms with van der Waals surface area (Å²) in [6.07, 6.45) is 4.95. The van der Waals surface area contributed by atoms with Crippen molar-refractivity contribution in [3.05, 3.63) is 53.7 Å². The van der Waals surface area contributed by atoms with E-state index >= 15 is 0 Å². The van der Waals surface area contributed by atoms with Crippen LogP contribution in [0, 0.1) is 11.8 Å². The second-order valence-electron chi connectivity index (χ2n) is 8.48. The van der Waals surface area contributed by atoms with Gasteiger partial charge in [0.15, 0.2) is 0 Å². The first kappa shape index (κ1) is 23.6. The smallest absolute Gasteiger partial charge is 0.326 e. The number of ether oxygens (including phenoxy) is 1. The maximum absolute atomic E-state index is 12.6. The number of benzene rings is 1. The lowest BCUT2D eigenvalue weighted by atomic mass is 9.80. The van der Waals surface area contributed by atoms with Crippen molar-refractivity contribution < 1.29 is 19.4 Å². The molecular formula is C25H33N3O4. The van der Waals surface area contributed by atoms with Crippen molar-refractivity contribution in [2.24, 2.45) is 11.8 Å². The number of amides is 1. The summed E-state index contributed by atoms with van der Waals surface area (Å²) in [5.41, 5.74) is 1.78. The lowest BCUT2D eigenvalue weighted by Crippen LogP contribution is -2.46. The third-order valence-corrected chi connectivity index (χ3v) is 6.12. The first-order valence-electron chi connectivity index (χ1n) is 11.3. The molecule has 7 nitrogen and oxygen atoms in total. The van der Waals surface area contributed by atoms with Gasteiger partial charge in [0.25, 0.3) is 0 Å². The Morgan fingerprint density at radius 1 is 1.16 bits per heavy atom. The summed E-state index contributed by atoms with van der Waals surface area (Å²) in [4.78, 5) is 28.8. The van der Waals surface area contributed by atoms with E-state index in [0.717, 1.165) is 42.8 Å². The fourth-order valence-corrected chi connectivity index (χ4v) is 4.17. The van der Waals surface area contributed by atoms with Gasteiger partial charge in [0.05, 0.1) is 6.61 Å². The molecule has 3 atom stereocenters. The molecule has 1 heterocycles. The maximum Gasteiger partial charge on any atom is 0.326 e. The Balaban J connectivity index is 1.51. The van der Waals surface area contributed by atoms with Gasteiger partial charge in [-0.3, -0.25) is 4.79 Å². The molecule has 3 N–H and O–H groups in total. The third kappa shape index (κ3) is 6.70. The van der Waals surface area contributed by atoms with Crippen LogP contribution in [0.4, 0.5) is 5.82 Å². The van der Waals surface area contributed by atoms with E-state index in [1.165, 1.54) is 0 Å². The molecule has 1 fully saturated rings. The number of hydrogen-bond donors (Lipinski definition) is 3. The van der Waals surface area contributed by atoms with Gasteiger partial charge in [-0.05, 0) is 48.6 Å². The van der Waals surface area contributed by atoms with Crippen molar-refractivity contribution in [1.82, 2.24) is 10.3 Å². The predicted octanol–water partition coefficient (Wildman–Crippen LogP) is 3.68. The Kier molecular flexibility index (Phi) is 8.48. The second kappa shape index (κ2) is 11.5. The van der Waals surface area contributed by atoms with Crippen molar-refractivity contribution in [1.29, 1.82) is 0 Å². The molecule has 0 saturated heterocycles. The predicted molar refractivity (Wildman–Crippen MR) is 124 cm³/mol. The van der Waals surface area contributed by atoms with Crippen LogP contribution in [0.15, 0.2) is 42.5 Å². The molecule has 3 rings (SSSR count). The molecule has 32 heavy (non-hydrogen) atoms. The van der Waals surface area contributed by atoms with Crippen LogP contribution in [0.3, 0.4) is 0 Å². The highest BCUT2D eigenvalue weighted by atomic mass is 16.5. The van der Waals surface area contributed by atoms with E-state index < -0.39 is 12.0 Å². The number of nitrogens with zero attached hydrogens (tertiary/aromatic N) is 1. The number of nitrogens with one attached hydrogen (secondary N) is 2. The van der Waals surface area contributed by atoms with Gasteiger partial charge in [-0.2, -0.15) is 0 Å². The standard InChI is InChI=1S/C25H33N3O4/c1-17-6-3-4-8-21(17)24(29)28-22(25(30)31)16-18-10-12-20(13-11-18)32-15-14-19-7-5-9-23(26-2)27-19/h5,7,9-13,17,21-22H,3-4,6,8,14-16H2,1-2H3,(H,26,27)(H,28,29)(H,30,31)/t17?,21?,22-/m0/s1. The van der Waals surface area contributed by atoms with Crippen LogP contribution < -0.4 is 15.4 Å². The van der Waals surface area contributed by atoms with Gasteiger partial charge in [-0.1, -0.05) is 38.0 Å². The van der Waals surface area contributed by atoms with Crippen molar-refractivity contribution in [3.8, 4) is 5.75 Å². The molecular weight excluding hydrogens is 406 g/mol. The molecule has 1 saturated carbocycles. The summed E-state index contributed by atoms with van der Waals surface area (Å²) < 4.78 is 5.80. The Labute approximate surface area is 189 Å². The first-order chi connectivity index (χ1) is 15.5. The van der Waals surface area contributed by atoms with Gasteiger partial charge in [-0.25, -0.2) is 9.78 Å². The Morgan fingerprint density at radius 3 is 2.59 bits per heavy atom. The van der Waals surface area contributed by atoms with Crippen LogP contribution in [0.25, 0.3) is 0 Å². The SMILES string of the molecule is CNc1cccc(CCOc2ccc(C[C@H](NC(=O)C3CCCCC3C)C(=O)O)cc2)n1. The zero-order valence-corrected chi connectivity index (χ0v) is 18.8. The Hall–Kier alpha value is -3.09. The minimum absolute atomic E-state index is 0.0929. The van der Waals surface area contributed by atoms with Crippen LogP contribution in [0.1, 0.15) is 43.9 Å². The van der Waals surface area contributed by atoms with Crippen molar-refractivity contribution in [2.45, 2.75) is 51.5 Å². The molecule has 2 aromatic rings.